The van der Waals surface area contributed by atoms with Crippen molar-refractivity contribution < 1.29 is 22.7 Å². The highest BCUT2D eigenvalue weighted by molar-refractivity contribution is 7.95. The van der Waals surface area contributed by atoms with Crippen molar-refractivity contribution in [2.75, 3.05) is 30.4 Å². The molecule has 1 aliphatic heterocycles. The molecule has 0 unspecified atom stereocenters. The number of methoxy groups -OCH3 is 2. The van der Waals surface area contributed by atoms with Gasteiger partial charge in [0.1, 0.15) is 11.5 Å². The second kappa shape index (κ2) is 8.12. The van der Waals surface area contributed by atoms with Crippen molar-refractivity contribution in [2.45, 2.75) is 24.5 Å². The summed E-state index contributed by atoms with van der Waals surface area (Å²) in [5.41, 5.74) is 0.855. The van der Waals surface area contributed by atoms with Gasteiger partial charge in [-0.2, -0.15) is 0 Å². The Bertz CT molecular complexity index is 1010. The average Bonchev–Trinajstić information content (AvgIpc) is 2.71. The maximum Gasteiger partial charge on any atom is 0.249 e. The summed E-state index contributed by atoms with van der Waals surface area (Å²) in [6, 6.07) is 11.4. The Morgan fingerprint density at radius 1 is 1.14 bits per heavy atom. The van der Waals surface area contributed by atoms with Gasteiger partial charge in [-0.15, -0.1) is 0 Å². The third-order valence-corrected chi connectivity index (χ3v) is 7.88. The SMILES string of the molecule is COc1ccc(NC(=O)[C@@]2(C)CCCN(c3ccc(Cl)cc3)S2(=O)=O)c(OC)c1. The summed E-state index contributed by atoms with van der Waals surface area (Å²) in [6.45, 7) is 1.76. The normalized spacial score (nSPS) is 20.8. The fraction of sp³-hybridized carbons (Fsp3) is 0.350. The van der Waals surface area contributed by atoms with Crippen LogP contribution < -0.4 is 19.1 Å². The minimum Gasteiger partial charge on any atom is -0.497 e. The fourth-order valence-electron chi connectivity index (χ4n) is 3.31. The minimum atomic E-state index is -3.97. The number of nitrogens with one attached hydrogen (secondary N) is 1. The highest BCUT2D eigenvalue weighted by Crippen LogP contribution is 2.37. The van der Waals surface area contributed by atoms with E-state index < -0.39 is 20.7 Å². The van der Waals surface area contributed by atoms with E-state index in [4.69, 9.17) is 21.1 Å². The Labute approximate surface area is 175 Å². The first-order valence-electron chi connectivity index (χ1n) is 9.04. The van der Waals surface area contributed by atoms with Gasteiger partial charge < -0.3 is 14.8 Å². The third kappa shape index (κ3) is 3.86. The Balaban J connectivity index is 1.92. The Morgan fingerprint density at radius 2 is 1.83 bits per heavy atom. The van der Waals surface area contributed by atoms with Crippen LogP contribution in [0.5, 0.6) is 11.5 Å². The van der Waals surface area contributed by atoms with Crippen molar-refractivity contribution in [3.8, 4) is 11.5 Å². The summed E-state index contributed by atoms with van der Waals surface area (Å²) in [5, 5.41) is 3.22. The number of carbonyl (C=O) groups is 1. The van der Waals surface area contributed by atoms with Crippen LogP contribution in [0.25, 0.3) is 0 Å². The molecule has 1 saturated heterocycles. The number of rotatable bonds is 5. The fourth-order valence-corrected chi connectivity index (χ4v) is 5.38. The van der Waals surface area contributed by atoms with Gasteiger partial charge in [-0.3, -0.25) is 9.10 Å². The largest absolute Gasteiger partial charge is 0.497 e. The maximum absolute atomic E-state index is 13.4. The highest BCUT2D eigenvalue weighted by atomic mass is 35.5. The molecule has 0 aromatic heterocycles. The summed E-state index contributed by atoms with van der Waals surface area (Å²) in [7, 11) is -0.983. The van der Waals surface area contributed by atoms with Crippen LogP contribution in [0.2, 0.25) is 5.02 Å². The standard InChI is InChI=1S/C20H23ClN2O5S/c1-20(19(24)22-17-10-9-16(27-2)13-18(17)28-3)11-4-12-23(29(20,25)26)15-7-5-14(21)6-8-15/h5-10,13H,4,11-12H2,1-3H3,(H,22,24)/t20-/m1/s1. The smallest absolute Gasteiger partial charge is 0.249 e. The number of hydrogen-bond acceptors (Lipinski definition) is 5. The molecule has 1 N–H and O–H groups in total. The molecular weight excluding hydrogens is 416 g/mol. The molecule has 2 aromatic rings. The predicted octanol–water partition coefficient (Wildman–Crippen LogP) is 3.68. The topological polar surface area (TPSA) is 84.9 Å². The van der Waals surface area contributed by atoms with Crippen molar-refractivity contribution in [1.29, 1.82) is 0 Å². The van der Waals surface area contributed by atoms with Gasteiger partial charge in [-0.05, 0) is 56.2 Å². The van der Waals surface area contributed by atoms with Crippen LogP contribution in [0.15, 0.2) is 42.5 Å². The molecule has 1 atom stereocenters. The van der Waals surface area contributed by atoms with E-state index in [-0.39, 0.29) is 6.42 Å². The monoisotopic (exact) mass is 438 g/mol. The molecule has 1 aliphatic rings. The van der Waals surface area contributed by atoms with E-state index in [1.54, 1.807) is 42.5 Å². The van der Waals surface area contributed by atoms with Gasteiger partial charge in [0.05, 0.1) is 25.6 Å². The van der Waals surface area contributed by atoms with E-state index in [0.717, 1.165) is 0 Å². The first-order valence-corrected chi connectivity index (χ1v) is 10.9. The number of anilines is 2. The Hall–Kier alpha value is -2.45. The number of halogens is 1. The second-order valence-corrected chi connectivity index (χ2v) is 9.64. The van der Waals surface area contributed by atoms with E-state index in [9.17, 15) is 13.2 Å². The third-order valence-electron chi connectivity index (χ3n) is 5.13. The number of ether oxygens (including phenoxy) is 2. The molecule has 7 nitrogen and oxygen atoms in total. The molecule has 0 radical (unpaired) electrons. The molecule has 0 spiro atoms. The summed E-state index contributed by atoms with van der Waals surface area (Å²) in [6.07, 6.45) is 0.759. The Morgan fingerprint density at radius 3 is 2.45 bits per heavy atom. The van der Waals surface area contributed by atoms with Crippen LogP contribution in [0.3, 0.4) is 0 Å². The first-order chi connectivity index (χ1) is 13.7. The maximum atomic E-state index is 13.4. The summed E-state index contributed by atoms with van der Waals surface area (Å²) in [5.74, 6) is 0.328. The molecule has 1 fully saturated rings. The molecule has 9 heteroatoms. The van der Waals surface area contributed by atoms with Gasteiger partial charge in [-0.1, -0.05) is 11.6 Å². The van der Waals surface area contributed by atoms with Crippen LogP contribution in [-0.2, 0) is 14.8 Å². The molecule has 1 heterocycles. The lowest BCUT2D eigenvalue weighted by Crippen LogP contribution is -2.57. The Kier molecular flexibility index (Phi) is 5.95. The van der Waals surface area contributed by atoms with E-state index in [1.165, 1.54) is 25.4 Å². The molecule has 0 bridgehead atoms. The summed E-state index contributed by atoms with van der Waals surface area (Å²) >= 11 is 5.92. The van der Waals surface area contributed by atoms with Crippen molar-refractivity contribution >= 4 is 38.9 Å². The predicted molar refractivity (Wildman–Crippen MR) is 114 cm³/mol. The van der Waals surface area contributed by atoms with Crippen molar-refractivity contribution in [3.05, 3.63) is 47.5 Å². The lowest BCUT2D eigenvalue weighted by molar-refractivity contribution is -0.118. The van der Waals surface area contributed by atoms with Crippen LogP contribution in [-0.4, -0.2) is 39.8 Å². The molecule has 0 aliphatic carbocycles. The van der Waals surface area contributed by atoms with Gasteiger partial charge >= 0.3 is 0 Å². The summed E-state index contributed by atoms with van der Waals surface area (Å²) in [4.78, 5) is 13.1. The number of hydrogen-bond donors (Lipinski definition) is 1. The molecule has 2 aromatic carbocycles. The summed E-state index contributed by atoms with van der Waals surface area (Å²) < 4.78 is 36.9. The van der Waals surface area contributed by atoms with Gasteiger partial charge in [0.15, 0.2) is 4.75 Å². The number of amides is 1. The van der Waals surface area contributed by atoms with Gasteiger partial charge in [-0.25, -0.2) is 8.42 Å². The molecule has 3 rings (SSSR count). The zero-order chi connectivity index (χ0) is 21.2. The number of carbonyl (C=O) groups excluding carboxylic acids is 1. The quantitative estimate of drug-likeness (QED) is 0.769. The van der Waals surface area contributed by atoms with Crippen molar-refractivity contribution in [1.82, 2.24) is 0 Å². The van der Waals surface area contributed by atoms with E-state index in [1.807, 2.05) is 0 Å². The van der Waals surface area contributed by atoms with Gasteiger partial charge in [0.25, 0.3) is 0 Å². The van der Waals surface area contributed by atoms with Crippen molar-refractivity contribution in [3.63, 3.8) is 0 Å². The van der Waals surface area contributed by atoms with Crippen LogP contribution in [0, 0.1) is 0 Å². The molecule has 29 heavy (non-hydrogen) atoms. The number of benzene rings is 2. The van der Waals surface area contributed by atoms with Gasteiger partial charge in [0, 0.05) is 17.6 Å². The lowest BCUT2D eigenvalue weighted by atomic mass is 10.0. The minimum absolute atomic E-state index is 0.212. The zero-order valence-electron chi connectivity index (χ0n) is 16.4. The number of nitrogens with zero attached hydrogens (tertiary/aromatic N) is 1. The van der Waals surface area contributed by atoms with Gasteiger partial charge in [0.2, 0.25) is 15.9 Å². The lowest BCUT2D eigenvalue weighted by Gasteiger charge is -2.39. The first kappa shape index (κ1) is 21.3. The van der Waals surface area contributed by atoms with E-state index >= 15 is 0 Å². The molecular formula is C20H23ClN2O5S. The van der Waals surface area contributed by atoms with E-state index in [0.29, 0.717) is 40.9 Å². The number of sulfonamides is 1. The van der Waals surface area contributed by atoms with Crippen LogP contribution >= 0.6 is 11.6 Å². The zero-order valence-corrected chi connectivity index (χ0v) is 18.0. The molecule has 156 valence electrons. The van der Waals surface area contributed by atoms with E-state index in [2.05, 4.69) is 5.32 Å². The molecule has 0 saturated carbocycles. The second-order valence-electron chi connectivity index (χ2n) is 6.91. The average molecular weight is 439 g/mol. The van der Waals surface area contributed by atoms with Crippen molar-refractivity contribution in [2.24, 2.45) is 0 Å². The molecule has 1 amide bonds. The highest BCUT2D eigenvalue weighted by Gasteiger charge is 2.52. The van der Waals surface area contributed by atoms with Crippen LogP contribution in [0.1, 0.15) is 19.8 Å². The van der Waals surface area contributed by atoms with Crippen LogP contribution in [0.4, 0.5) is 11.4 Å².